The summed E-state index contributed by atoms with van der Waals surface area (Å²) in [7, 11) is 0. The van der Waals surface area contributed by atoms with Gasteiger partial charge in [-0.05, 0) is 53.4 Å². The van der Waals surface area contributed by atoms with Gasteiger partial charge in [-0.25, -0.2) is 0 Å². The largest absolute Gasteiger partial charge is 0.455 e. The number of rotatable bonds is 5. The van der Waals surface area contributed by atoms with Crippen LogP contribution in [0.25, 0.3) is 60.6 Å². The fraction of sp³-hybridized carbons (Fsp3) is 0.111. The smallest absolute Gasteiger partial charge is 0.143 e. The van der Waals surface area contributed by atoms with Crippen molar-refractivity contribution in [1.29, 1.82) is 0 Å². The highest BCUT2D eigenvalue weighted by Crippen LogP contribution is 2.39. The van der Waals surface area contributed by atoms with Gasteiger partial charge in [0.2, 0.25) is 0 Å². The minimum absolute atomic E-state index is 0.0196. The summed E-state index contributed by atoms with van der Waals surface area (Å²) in [6.45, 7) is 0. The third kappa shape index (κ3) is 4.90. The molecule has 8 aromatic rings. The lowest BCUT2D eigenvalue weighted by Crippen LogP contribution is -2.61. The molecule has 0 spiro atoms. The first kappa shape index (κ1) is 29.2. The van der Waals surface area contributed by atoms with Crippen LogP contribution in [0.3, 0.4) is 0 Å². The van der Waals surface area contributed by atoms with Crippen LogP contribution >= 0.6 is 0 Å². The standard InChI is InChI=1S/C45H36N4O/c1-3-12-29(13-4-1)43-46-44(30-14-5-2-6-15-30)48-45(47-43)31-22-25-33(26-23-31)49-39-20-9-7-16-35(39)36-27-24-32(28-40(36)49)34-18-11-19-38-37-17-8-10-21-41(37)50-42(34)38/h1-14,16-28,30,43-48H,15H2. The van der Waals surface area contributed by atoms with Crippen molar-refractivity contribution >= 4 is 43.7 Å². The summed E-state index contributed by atoms with van der Waals surface area (Å²) in [5, 5.41) is 16.3. The van der Waals surface area contributed by atoms with E-state index in [9.17, 15) is 0 Å². The molecular formula is C45H36N4O. The molecule has 2 aliphatic rings. The first-order valence-electron chi connectivity index (χ1n) is 17.5. The minimum Gasteiger partial charge on any atom is -0.455 e. The Kier molecular flexibility index (Phi) is 7.01. The van der Waals surface area contributed by atoms with Crippen molar-refractivity contribution in [2.75, 3.05) is 0 Å². The van der Waals surface area contributed by atoms with Gasteiger partial charge in [0, 0.05) is 38.7 Å². The SMILES string of the molecule is C1=CCC(C2NC(c3ccccc3)NC(c3ccc(-n4c5ccccc5c5ccc(-c6cccc7c6oc6ccccc67)cc54)cc3)N2)C=C1. The van der Waals surface area contributed by atoms with Gasteiger partial charge in [0.15, 0.2) is 0 Å². The van der Waals surface area contributed by atoms with Gasteiger partial charge in [-0.2, -0.15) is 0 Å². The predicted octanol–water partition coefficient (Wildman–Crippen LogP) is 10.3. The molecule has 5 nitrogen and oxygen atoms in total. The van der Waals surface area contributed by atoms with Crippen LogP contribution in [0, 0.1) is 5.92 Å². The molecule has 0 radical (unpaired) electrons. The molecule has 5 heteroatoms. The van der Waals surface area contributed by atoms with E-state index in [0.29, 0.717) is 5.92 Å². The molecule has 242 valence electrons. The minimum atomic E-state index is -0.0196. The Bertz CT molecular complexity index is 2580. The summed E-state index contributed by atoms with van der Waals surface area (Å²) in [6, 6.07) is 50.0. The van der Waals surface area contributed by atoms with Crippen molar-refractivity contribution in [3.8, 4) is 16.8 Å². The molecule has 3 heterocycles. The van der Waals surface area contributed by atoms with Gasteiger partial charge in [-0.15, -0.1) is 0 Å². The van der Waals surface area contributed by atoms with E-state index < -0.39 is 0 Å². The maximum atomic E-state index is 6.45. The van der Waals surface area contributed by atoms with Crippen LogP contribution in [0.4, 0.5) is 0 Å². The number of nitrogens with one attached hydrogen (secondary N) is 3. The van der Waals surface area contributed by atoms with E-state index in [-0.39, 0.29) is 18.5 Å². The van der Waals surface area contributed by atoms with Crippen molar-refractivity contribution in [3.05, 3.63) is 175 Å². The molecule has 2 aromatic heterocycles. The van der Waals surface area contributed by atoms with E-state index >= 15 is 0 Å². The van der Waals surface area contributed by atoms with Gasteiger partial charge >= 0.3 is 0 Å². The van der Waals surface area contributed by atoms with Gasteiger partial charge in [0.1, 0.15) is 11.2 Å². The number of allylic oxidation sites excluding steroid dienone is 3. The van der Waals surface area contributed by atoms with Crippen molar-refractivity contribution in [2.24, 2.45) is 5.92 Å². The number of benzene rings is 6. The Morgan fingerprint density at radius 2 is 1.28 bits per heavy atom. The quantitative estimate of drug-likeness (QED) is 0.174. The third-order valence-corrected chi connectivity index (χ3v) is 10.5. The molecule has 1 aliphatic heterocycles. The zero-order valence-electron chi connectivity index (χ0n) is 27.5. The average Bonchev–Trinajstić information content (AvgIpc) is 3.74. The number of aromatic nitrogens is 1. The number of hydrogen-bond acceptors (Lipinski definition) is 4. The van der Waals surface area contributed by atoms with Crippen molar-refractivity contribution in [3.63, 3.8) is 0 Å². The molecule has 3 N–H and O–H groups in total. The topological polar surface area (TPSA) is 54.2 Å². The zero-order valence-corrected chi connectivity index (χ0v) is 27.5. The van der Waals surface area contributed by atoms with E-state index in [1.54, 1.807) is 0 Å². The Morgan fingerprint density at radius 1 is 0.560 bits per heavy atom. The van der Waals surface area contributed by atoms with Gasteiger partial charge in [-0.3, -0.25) is 16.0 Å². The second-order valence-electron chi connectivity index (χ2n) is 13.4. The molecule has 1 saturated heterocycles. The summed E-state index contributed by atoms with van der Waals surface area (Å²) in [6.07, 6.45) is 10.0. The van der Waals surface area contributed by atoms with E-state index in [1.165, 1.54) is 32.9 Å². The van der Waals surface area contributed by atoms with Crippen LogP contribution in [-0.2, 0) is 0 Å². The van der Waals surface area contributed by atoms with Crippen molar-refractivity contribution in [2.45, 2.75) is 24.9 Å². The monoisotopic (exact) mass is 648 g/mol. The molecule has 4 atom stereocenters. The number of nitrogens with zero attached hydrogens (tertiary/aromatic N) is 1. The Morgan fingerprint density at radius 3 is 2.10 bits per heavy atom. The Hall–Kier alpha value is -5.72. The highest BCUT2D eigenvalue weighted by Gasteiger charge is 2.32. The molecule has 0 amide bonds. The fourth-order valence-corrected chi connectivity index (χ4v) is 8.00. The van der Waals surface area contributed by atoms with Gasteiger partial charge < -0.3 is 8.98 Å². The van der Waals surface area contributed by atoms with E-state index in [1.807, 2.05) is 12.1 Å². The molecular weight excluding hydrogens is 613 g/mol. The van der Waals surface area contributed by atoms with Crippen LogP contribution in [0.2, 0.25) is 0 Å². The normalized spacial score (nSPS) is 20.7. The van der Waals surface area contributed by atoms with Crippen LogP contribution < -0.4 is 16.0 Å². The maximum absolute atomic E-state index is 6.45. The average molecular weight is 649 g/mol. The summed E-state index contributed by atoms with van der Waals surface area (Å²) < 4.78 is 8.84. The summed E-state index contributed by atoms with van der Waals surface area (Å²) in [5.74, 6) is 0.368. The molecule has 6 aromatic carbocycles. The highest BCUT2D eigenvalue weighted by molar-refractivity contribution is 6.12. The lowest BCUT2D eigenvalue weighted by atomic mass is 9.95. The predicted molar refractivity (Wildman–Crippen MR) is 205 cm³/mol. The van der Waals surface area contributed by atoms with Crippen molar-refractivity contribution < 1.29 is 4.42 Å². The lowest BCUT2D eigenvalue weighted by Gasteiger charge is -2.42. The van der Waals surface area contributed by atoms with E-state index in [0.717, 1.165) is 45.2 Å². The Balaban J connectivity index is 1.05. The molecule has 50 heavy (non-hydrogen) atoms. The van der Waals surface area contributed by atoms with Crippen LogP contribution in [0.15, 0.2) is 168 Å². The van der Waals surface area contributed by atoms with Gasteiger partial charge in [-0.1, -0.05) is 133 Å². The van der Waals surface area contributed by atoms with Gasteiger partial charge in [0.05, 0.1) is 29.5 Å². The molecule has 4 unspecified atom stereocenters. The molecule has 0 saturated carbocycles. The highest BCUT2D eigenvalue weighted by atomic mass is 16.3. The lowest BCUT2D eigenvalue weighted by molar-refractivity contribution is 0.170. The van der Waals surface area contributed by atoms with E-state index in [4.69, 9.17) is 4.42 Å². The zero-order chi connectivity index (χ0) is 33.0. The molecule has 1 aliphatic carbocycles. The third-order valence-electron chi connectivity index (χ3n) is 10.5. The number of furan rings is 1. The second kappa shape index (κ2) is 12.0. The summed E-state index contributed by atoms with van der Waals surface area (Å²) >= 11 is 0. The summed E-state index contributed by atoms with van der Waals surface area (Å²) in [5.41, 5.74) is 10.00. The number of hydrogen-bond donors (Lipinski definition) is 3. The van der Waals surface area contributed by atoms with Crippen LogP contribution in [-0.4, -0.2) is 10.7 Å². The fourth-order valence-electron chi connectivity index (χ4n) is 8.00. The van der Waals surface area contributed by atoms with Crippen LogP contribution in [0.1, 0.15) is 29.9 Å². The number of para-hydroxylation sites is 3. The van der Waals surface area contributed by atoms with Crippen molar-refractivity contribution in [1.82, 2.24) is 20.5 Å². The first-order valence-corrected chi connectivity index (χ1v) is 17.5. The molecule has 10 rings (SSSR count). The van der Waals surface area contributed by atoms with E-state index in [2.05, 4.69) is 172 Å². The molecule has 1 fully saturated rings. The number of fused-ring (bicyclic) bond motifs is 6. The first-order chi connectivity index (χ1) is 24.8. The Labute approximate surface area is 290 Å². The second-order valence-corrected chi connectivity index (χ2v) is 13.4. The van der Waals surface area contributed by atoms with Gasteiger partial charge in [0.25, 0.3) is 0 Å². The maximum Gasteiger partial charge on any atom is 0.143 e. The molecule has 0 bridgehead atoms. The van der Waals surface area contributed by atoms with Crippen LogP contribution in [0.5, 0.6) is 0 Å². The summed E-state index contributed by atoms with van der Waals surface area (Å²) in [4.78, 5) is 0.